The van der Waals surface area contributed by atoms with E-state index in [9.17, 15) is 18.3 Å². The Morgan fingerprint density at radius 1 is 1.22 bits per heavy atom. The largest absolute Gasteiger partial charge is 0.396 e. The first kappa shape index (κ1) is 15.8. The van der Waals surface area contributed by atoms with Gasteiger partial charge in [0.25, 0.3) is 0 Å². The first-order chi connectivity index (χ1) is 8.30. The van der Waals surface area contributed by atoms with Crippen LogP contribution in [0.2, 0.25) is 0 Å². The van der Waals surface area contributed by atoms with Crippen molar-refractivity contribution in [1.82, 2.24) is 4.90 Å². The summed E-state index contributed by atoms with van der Waals surface area (Å²) < 4.78 is 37.6. The molecule has 0 aromatic rings. The summed E-state index contributed by atoms with van der Waals surface area (Å²) in [5.41, 5.74) is -0.181. The van der Waals surface area contributed by atoms with Crippen molar-refractivity contribution in [2.75, 3.05) is 26.2 Å². The van der Waals surface area contributed by atoms with Gasteiger partial charge in [-0.1, -0.05) is 20.3 Å². The van der Waals surface area contributed by atoms with Crippen molar-refractivity contribution in [2.45, 2.75) is 45.7 Å². The van der Waals surface area contributed by atoms with E-state index in [-0.39, 0.29) is 24.9 Å². The van der Waals surface area contributed by atoms with E-state index in [1.807, 2.05) is 6.92 Å². The van der Waals surface area contributed by atoms with Crippen LogP contribution in [0.1, 0.15) is 39.5 Å². The molecule has 1 atom stereocenters. The van der Waals surface area contributed by atoms with E-state index in [2.05, 4.69) is 11.8 Å². The molecule has 1 aliphatic rings. The Kier molecular flexibility index (Phi) is 5.46. The van der Waals surface area contributed by atoms with Gasteiger partial charge in [0.1, 0.15) is 0 Å². The minimum Gasteiger partial charge on any atom is -0.396 e. The lowest BCUT2D eigenvalue weighted by atomic mass is 9.85. The molecule has 5 heteroatoms. The highest BCUT2D eigenvalue weighted by atomic mass is 19.4. The van der Waals surface area contributed by atoms with Gasteiger partial charge in [0, 0.05) is 18.6 Å². The molecule has 2 nitrogen and oxygen atoms in total. The molecule has 0 aromatic carbocycles. The third-order valence-electron chi connectivity index (χ3n) is 3.89. The molecule has 108 valence electrons. The van der Waals surface area contributed by atoms with Crippen LogP contribution in [-0.4, -0.2) is 42.4 Å². The zero-order valence-corrected chi connectivity index (χ0v) is 11.3. The molecule has 0 amide bonds. The summed E-state index contributed by atoms with van der Waals surface area (Å²) in [6.07, 6.45) is -1.77. The number of nitrogens with zero attached hydrogens (tertiary/aromatic N) is 1. The van der Waals surface area contributed by atoms with E-state index >= 15 is 0 Å². The predicted octanol–water partition coefficient (Wildman–Crippen LogP) is 3.06. The normalized spacial score (nSPS) is 23.0. The van der Waals surface area contributed by atoms with Crippen molar-refractivity contribution in [3.05, 3.63) is 0 Å². The number of aliphatic hydroxyl groups is 1. The van der Waals surface area contributed by atoms with Crippen LogP contribution in [0.3, 0.4) is 0 Å². The van der Waals surface area contributed by atoms with Crippen LogP contribution in [0.4, 0.5) is 13.2 Å². The Bertz CT molecular complexity index is 249. The van der Waals surface area contributed by atoms with Crippen LogP contribution < -0.4 is 0 Å². The summed E-state index contributed by atoms with van der Waals surface area (Å²) in [7, 11) is 0. The van der Waals surface area contributed by atoms with Crippen molar-refractivity contribution in [1.29, 1.82) is 0 Å². The quantitative estimate of drug-likeness (QED) is 0.827. The molecule has 1 fully saturated rings. The average molecular weight is 267 g/mol. The highest BCUT2D eigenvalue weighted by Gasteiger charge is 2.41. The van der Waals surface area contributed by atoms with Crippen LogP contribution in [-0.2, 0) is 0 Å². The molecule has 1 saturated heterocycles. The molecule has 1 unspecified atom stereocenters. The second-order valence-corrected chi connectivity index (χ2v) is 5.81. The molecule has 1 heterocycles. The lowest BCUT2D eigenvalue weighted by Gasteiger charge is -2.38. The summed E-state index contributed by atoms with van der Waals surface area (Å²) in [5, 5.41) is 9.42. The van der Waals surface area contributed by atoms with Gasteiger partial charge in [-0.2, -0.15) is 13.2 Å². The topological polar surface area (TPSA) is 23.5 Å². The fourth-order valence-electron chi connectivity index (χ4n) is 2.77. The Morgan fingerprint density at radius 3 is 2.17 bits per heavy atom. The SMILES string of the molecule is CCCC(C)(CO)CN1CCC(C(F)(F)F)CC1. The number of halogens is 3. The highest BCUT2D eigenvalue weighted by molar-refractivity contribution is 4.82. The molecule has 18 heavy (non-hydrogen) atoms. The molecule has 0 saturated carbocycles. The van der Waals surface area contributed by atoms with Crippen molar-refractivity contribution in [2.24, 2.45) is 11.3 Å². The molecule has 0 aromatic heterocycles. The van der Waals surface area contributed by atoms with E-state index in [0.717, 1.165) is 12.8 Å². The monoisotopic (exact) mass is 267 g/mol. The van der Waals surface area contributed by atoms with Crippen molar-refractivity contribution < 1.29 is 18.3 Å². The van der Waals surface area contributed by atoms with Gasteiger partial charge in [0.05, 0.1) is 5.92 Å². The molecular weight excluding hydrogens is 243 g/mol. The fraction of sp³-hybridized carbons (Fsp3) is 1.00. The maximum atomic E-state index is 12.5. The Labute approximate surface area is 107 Å². The lowest BCUT2D eigenvalue weighted by Crippen LogP contribution is -2.44. The van der Waals surface area contributed by atoms with Crippen LogP contribution in [0.25, 0.3) is 0 Å². The van der Waals surface area contributed by atoms with Crippen molar-refractivity contribution >= 4 is 0 Å². The maximum Gasteiger partial charge on any atom is 0.391 e. The lowest BCUT2D eigenvalue weighted by molar-refractivity contribution is -0.185. The molecule has 0 spiro atoms. The van der Waals surface area contributed by atoms with Crippen LogP contribution in [0.5, 0.6) is 0 Å². The maximum absolute atomic E-state index is 12.5. The molecule has 1 N–H and O–H groups in total. The van der Waals surface area contributed by atoms with E-state index in [1.54, 1.807) is 0 Å². The summed E-state index contributed by atoms with van der Waals surface area (Å²) in [5.74, 6) is -1.14. The van der Waals surface area contributed by atoms with Crippen molar-refractivity contribution in [3.63, 3.8) is 0 Å². The van der Waals surface area contributed by atoms with E-state index < -0.39 is 12.1 Å². The van der Waals surface area contributed by atoms with Crippen LogP contribution >= 0.6 is 0 Å². The van der Waals surface area contributed by atoms with E-state index in [4.69, 9.17) is 0 Å². The Hall–Kier alpha value is -0.290. The molecule has 1 rings (SSSR count). The molecule has 0 aliphatic carbocycles. The number of piperidine rings is 1. The second-order valence-electron chi connectivity index (χ2n) is 5.81. The zero-order valence-electron chi connectivity index (χ0n) is 11.3. The summed E-state index contributed by atoms with van der Waals surface area (Å²) in [4.78, 5) is 2.06. The summed E-state index contributed by atoms with van der Waals surface area (Å²) in [6, 6.07) is 0. The van der Waals surface area contributed by atoms with Crippen LogP contribution in [0, 0.1) is 11.3 Å². The minimum atomic E-state index is -4.05. The standard InChI is InChI=1S/C13H24F3NO/c1-3-6-12(2,10-18)9-17-7-4-11(5-8-17)13(14,15)16/h11,18H,3-10H2,1-2H3. The number of rotatable bonds is 5. The van der Waals surface area contributed by atoms with Gasteiger partial charge in [0.2, 0.25) is 0 Å². The van der Waals surface area contributed by atoms with E-state index in [0.29, 0.717) is 19.6 Å². The fourth-order valence-corrected chi connectivity index (χ4v) is 2.77. The zero-order chi connectivity index (χ0) is 13.8. The molecule has 0 radical (unpaired) electrons. The number of aliphatic hydroxyl groups excluding tert-OH is 1. The van der Waals surface area contributed by atoms with Gasteiger partial charge >= 0.3 is 6.18 Å². The minimum absolute atomic E-state index is 0.0973. The Balaban J connectivity index is 2.44. The molecule has 0 bridgehead atoms. The summed E-state index contributed by atoms with van der Waals surface area (Å²) in [6.45, 7) is 5.84. The number of alkyl halides is 3. The third kappa shape index (κ3) is 4.43. The van der Waals surface area contributed by atoms with Gasteiger partial charge in [0.15, 0.2) is 0 Å². The number of hydrogen-bond donors (Lipinski definition) is 1. The van der Waals surface area contributed by atoms with Gasteiger partial charge in [-0.05, 0) is 32.4 Å². The predicted molar refractivity (Wildman–Crippen MR) is 65.3 cm³/mol. The van der Waals surface area contributed by atoms with Gasteiger partial charge in [-0.3, -0.25) is 0 Å². The first-order valence-corrected chi connectivity index (χ1v) is 6.70. The van der Waals surface area contributed by atoms with Crippen molar-refractivity contribution in [3.8, 4) is 0 Å². The number of likely N-dealkylation sites (tertiary alicyclic amines) is 1. The van der Waals surface area contributed by atoms with Crippen LogP contribution in [0.15, 0.2) is 0 Å². The average Bonchev–Trinajstić information content (AvgIpc) is 2.29. The molecule has 1 aliphatic heterocycles. The Morgan fingerprint density at radius 2 is 1.78 bits per heavy atom. The first-order valence-electron chi connectivity index (χ1n) is 6.70. The highest BCUT2D eigenvalue weighted by Crippen LogP contribution is 2.35. The van der Waals surface area contributed by atoms with Gasteiger partial charge < -0.3 is 10.0 Å². The van der Waals surface area contributed by atoms with E-state index in [1.165, 1.54) is 0 Å². The number of hydrogen-bond acceptors (Lipinski definition) is 2. The second kappa shape index (κ2) is 6.24. The summed E-state index contributed by atoms with van der Waals surface area (Å²) >= 11 is 0. The third-order valence-corrected chi connectivity index (χ3v) is 3.89. The molecular formula is C13H24F3NO. The van der Waals surface area contributed by atoms with Gasteiger partial charge in [-0.15, -0.1) is 0 Å². The van der Waals surface area contributed by atoms with Gasteiger partial charge in [-0.25, -0.2) is 0 Å². The smallest absolute Gasteiger partial charge is 0.391 e.